The van der Waals surface area contributed by atoms with E-state index < -0.39 is 29.7 Å². The first kappa shape index (κ1) is 23.0. The van der Waals surface area contributed by atoms with E-state index in [1.54, 1.807) is 36.5 Å². The molecule has 0 radical (unpaired) electrons. The highest BCUT2D eigenvalue weighted by Crippen LogP contribution is 2.29. The van der Waals surface area contributed by atoms with Gasteiger partial charge < -0.3 is 5.32 Å². The van der Waals surface area contributed by atoms with Crippen LogP contribution in [0.5, 0.6) is 0 Å². The van der Waals surface area contributed by atoms with Crippen molar-refractivity contribution in [3.63, 3.8) is 0 Å². The van der Waals surface area contributed by atoms with Crippen LogP contribution >= 0.6 is 0 Å². The SMILES string of the molecule is CC(=O)C(CC[C@@H](C(=O)Nc1cccc2cccnc12)N1C(=O)c2ccccc2C1=O)C(C)=O. The van der Waals surface area contributed by atoms with Crippen molar-refractivity contribution in [2.24, 2.45) is 5.92 Å². The topological polar surface area (TPSA) is 114 Å². The van der Waals surface area contributed by atoms with Gasteiger partial charge in [0.2, 0.25) is 5.91 Å². The molecule has 1 aromatic heterocycles. The van der Waals surface area contributed by atoms with Gasteiger partial charge in [-0.2, -0.15) is 0 Å². The number of carbonyl (C=O) groups excluding carboxylic acids is 5. The predicted octanol–water partition coefficient (Wildman–Crippen LogP) is 3.41. The van der Waals surface area contributed by atoms with Crippen LogP contribution in [0.25, 0.3) is 10.9 Å². The minimum absolute atomic E-state index is 0.0317. The number of para-hydroxylation sites is 1. The van der Waals surface area contributed by atoms with Crippen LogP contribution in [0, 0.1) is 5.92 Å². The molecule has 3 amide bonds. The van der Waals surface area contributed by atoms with Crippen LogP contribution in [-0.4, -0.2) is 45.2 Å². The van der Waals surface area contributed by atoms with Gasteiger partial charge in [0.05, 0.1) is 28.2 Å². The van der Waals surface area contributed by atoms with E-state index in [0.717, 1.165) is 10.3 Å². The van der Waals surface area contributed by atoms with Gasteiger partial charge >= 0.3 is 0 Å². The van der Waals surface area contributed by atoms with E-state index in [4.69, 9.17) is 0 Å². The summed E-state index contributed by atoms with van der Waals surface area (Å²) >= 11 is 0. The third-order valence-corrected chi connectivity index (χ3v) is 6.04. The molecular weight excluding hydrogens is 434 g/mol. The Labute approximate surface area is 196 Å². The zero-order valence-electron chi connectivity index (χ0n) is 18.8. The van der Waals surface area contributed by atoms with Crippen molar-refractivity contribution in [3.05, 3.63) is 71.9 Å². The van der Waals surface area contributed by atoms with Gasteiger partial charge in [-0.05, 0) is 51.0 Å². The highest BCUT2D eigenvalue weighted by molar-refractivity contribution is 6.23. The van der Waals surface area contributed by atoms with E-state index in [-0.39, 0.29) is 35.5 Å². The van der Waals surface area contributed by atoms with Crippen LogP contribution in [-0.2, 0) is 14.4 Å². The number of amides is 3. The highest BCUT2D eigenvalue weighted by Gasteiger charge is 2.43. The third kappa shape index (κ3) is 4.22. The molecule has 4 rings (SSSR count). The summed E-state index contributed by atoms with van der Waals surface area (Å²) in [7, 11) is 0. The maximum absolute atomic E-state index is 13.5. The fraction of sp³-hybridized carbons (Fsp3) is 0.231. The molecule has 0 bridgehead atoms. The Balaban J connectivity index is 1.68. The number of Topliss-reactive ketones (excluding diaryl/α,β-unsaturated/α-hetero) is 2. The fourth-order valence-electron chi connectivity index (χ4n) is 4.31. The molecule has 0 saturated carbocycles. The van der Waals surface area contributed by atoms with Gasteiger partial charge in [-0.25, -0.2) is 0 Å². The van der Waals surface area contributed by atoms with Gasteiger partial charge in [-0.15, -0.1) is 0 Å². The van der Waals surface area contributed by atoms with Crippen molar-refractivity contribution in [1.29, 1.82) is 0 Å². The lowest BCUT2D eigenvalue weighted by Gasteiger charge is -2.26. The predicted molar refractivity (Wildman–Crippen MR) is 125 cm³/mol. The summed E-state index contributed by atoms with van der Waals surface area (Å²) in [5.41, 5.74) is 1.42. The van der Waals surface area contributed by atoms with Gasteiger partial charge in [0.1, 0.15) is 17.6 Å². The molecule has 8 nitrogen and oxygen atoms in total. The standard InChI is InChI=1S/C26H23N3O5/c1-15(30)18(16(2)31)12-13-22(29-25(33)19-9-3-4-10-20(19)26(29)34)24(32)28-21-11-5-7-17-8-6-14-27-23(17)21/h3-11,14,18,22H,12-13H2,1-2H3,(H,28,32)/t22-/m0/s1. The molecule has 172 valence electrons. The van der Waals surface area contributed by atoms with Gasteiger partial charge in [0, 0.05) is 11.6 Å². The smallest absolute Gasteiger partial charge is 0.262 e. The first-order valence-electron chi connectivity index (χ1n) is 10.9. The Morgan fingerprint density at radius 1 is 0.853 bits per heavy atom. The molecule has 1 atom stereocenters. The number of nitrogens with one attached hydrogen (secondary N) is 1. The lowest BCUT2D eigenvalue weighted by molar-refractivity contribution is -0.131. The average molecular weight is 457 g/mol. The summed E-state index contributed by atoms with van der Waals surface area (Å²) < 4.78 is 0. The molecule has 1 N–H and O–H groups in total. The van der Waals surface area contributed by atoms with Crippen molar-refractivity contribution in [2.45, 2.75) is 32.7 Å². The van der Waals surface area contributed by atoms with Gasteiger partial charge in [0.15, 0.2) is 0 Å². The van der Waals surface area contributed by atoms with Crippen molar-refractivity contribution < 1.29 is 24.0 Å². The summed E-state index contributed by atoms with van der Waals surface area (Å²) in [4.78, 5) is 68.9. The number of rotatable bonds is 8. The first-order chi connectivity index (χ1) is 16.3. The number of nitrogens with zero attached hydrogens (tertiary/aromatic N) is 2. The monoisotopic (exact) mass is 457 g/mol. The molecule has 0 spiro atoms. The number of imide groups is 1. The number of fused-ring (bicyclic) bond motifs is 2. The highest BCUT2D eigenvalue weighted by atomic mass is 16.2. The third-order valence-electron chi connectivity index (χ3n) is 6.04. The Morgan fingerprint density at radius 2 is 1.47 bits per heavy atom. The summed E-state index contributed by atoms with van der Waals surface area (Å²) in [6.45, 7) is 2.62. The van der Waals surface area contributed by atoms with E-state index in [1.165, 1.54) is 26.0 Å². The number of hydrogen-bond acceptors (Lipinski definition) is 6. The molecule has 3 aromatic rings. The Kier molecular flexibility index (Phi) is 6.32. The lowest BCUT2D eigenvalue weighted by atomic mass is 9.92. The van der Waals surface area contributed by atoms with Crippen LogP contribution in [0.1, 0.15) is 47.4 Å². The number of carbonyl (C=O) groups is 5. The van der Waals surface area contributed by atoms with Gasteiger partial charge in [-0.1, -0.05) is 30.3 Å². The van der Waals surface area contributed by atoms with Crippen LogP contribution in [0.4, 0.5) is 5.69 Å². The molecule has 2 aromatic carbocycles. The molecule has 0 aliphatic carbocycles. The molecule has 8 heteroatoms. The molecule has 0 unspecified atom stereocenters. The Morgan fingerprint density at radius 3 is 2.09 bits per heavy atom. The van der Waals surface area contributed by atoms with E-state index in [1.807, 2.05) is 12.1 Å². The molecule has 34 heavy (non-hydrogen) atoms. The van der Waals surface area contributed by atoms with Crippen molar-refractivity contribution in [3.8, 4) is 0 Å². The minimum atomic E-state index is -1.22. The molecule has 0 saturated heterocycles. The lowest BCUT2D eigenvalue weighted by Crippen LogP contribution is -2.47. The van der Waals surface area contributed by atoms with Crippen molar-refractivity contribution in [1.82, 2.24) is 9.88 Å². The van der Waals surface area contributed by atoms with Gasteiger partial charge in [0.25, 0.3) is 11.8 Å². The number of benzene rings is 2. The quantitative estimate of drug-likeness (QED) is 0.410. The number of anilines is 1. The second kappa shape index (κ2) is 9.35. The van der Waals surface area contributed by atoms with Gasteiger partial charge in [-0.3, -0.25) is 33.9 Å². The average Bonchev–Trinajstić information content (AvgIpc) is 3.06. The van der Waals surface area contributed by atoms with Crippen LogP contribution < -0.4 is 5.32 Å². The van der Waals surface area contributed by atoms with E-state index in [2.05, 4.69) is 10.3 Å². The van der Waals surface area contributed by atoms with Crippen LogP contribution in [0.2, 0.25) is 0 Å². The zero-order chi connectivity index (χ0) is 24.4. The largest absolute Gasteiger partial charge is 0.322 e. The molecule has 1 aliphatic rings. The zero-order valence-corrected chi connectivity index (χ0v) is 18.8. The fourth-order valence-corrected chi connectivity index (χ4v) is 4.31. The molecule has 0 fully saturated rings. The van der Waals surface area contributed by atoms with Crippen molar-refractivity contribution >= 4 is 45.9 Å². The van der Waals surface area contributed by atoms with E-state index in [0.29, 0.717) is 11.2 Å². The maximum Gasteiger partial charge on any atom is 0.262 e. The molecule has 1 aliphatic heterocycles. The Bertz CT molecular complexity index is 1280. The summed E-state index contributed by atoms with van der Waals surface area (Å²) in [6, 6.07) is 14.1. The van der Waals surface area contributed by atoms with E-state index >= 15 is 0 Å². The first-order valence-corrected chi connectivity index (χ1v) is 10.9. The molecule has 2 heterocycles. The second-order valence-electron chi connectivity index (χ2n) is 8.26. The van der Waals surface area contributed by atoms with E-state index in [9.17, 15) is 24.0 Å². The number of pyridine rings is 1. The van der Waals surface area contributed by atoms with Crippen LogP contribution in [0.15, 0.2) is 60.8 Å². The summed E-state index contributed by atoms with van der Waals surface area (Å²) in [5, 5.41) is 3.61. The summed E-state index contributed by atoms with van der Waals surface area (Å²) in [6.07, 6.45) is 1.59. The second-order valence-corrected chi connectivity index (χ2v) is 8.26. The van der Waals surface area contributed by atoms with Crippen LogP contribution in [0.3, 0.4) is 0 Å². The number of aromatic nitrogens is 1. The number of ketones is 2. The maximum atomic E-state index is 13.5. The minimum Gasteiger partial charge on any atom is -0.322 e. The Hall–Kier alpha value is -4.20. The van der Waals surface area contributed by atoms with Crippen molar-refractivity contribution in [2.75, 3.05) is 5.32 Å². The summed E-state index contributed by atoms with van der Waals surface area (Å²) in [5.74, 6) is -3.33. The normalized spacial score (nSPS) is 13.8. The number of hydrogen-bond donors (Lipinski definition) is 1. The molecular formula is C26H23N3O5.